The normalized spacial score (nSPS) is 11.0. The molecule has 6 heteroatoms. The van der Waals surface area contributed by atoms with E-state index in [0.29, 0.717) is 5.65 Å². The molecule has 26 heavy (non-hydrogen) atoms. The molecular formula is C20H19N3O3. The van der Waals surface area contributed by atoms with E-state index in [9.17, 15) is 9.59 Å². The van der Waals surface area contributed by atoms with E-state index in [2.05, 4.69) is 10.3 Å². The van der Waals surface area contributed by atoms with Gasteiger partial charge in [-0.15, -0.1) is 0 Å². The quantitative estimate of drug-likeness (QED) is 0.565. The summed E-state index contributed by atoms with van der Waals surface area (Å²) in [6.45, 7) is 3.95. The number of esters is 1. The summed E-state index contributed by atoms with van der Waals surface area (Å²) in [5, 5.41) is 2.73. The fourth-order valence-electron chi connectivity index (χ4n) is 2.46. The van der Waals surface area contributed by atoms with Crippen LogP contribution < -0.4 is 5.32 Å². The lowest BCUT2D eigenvalue weighted by atomic mass is 10.1. The number of pyridine rings is 1. The third-order valence-electron chi connectivity index (χ3n) is 3.74. The molecule has 0 radical (unpaired) electrons. The van der Waals surface area contributed by atoms with Crippen LogP contribution in [0, 0.1) is 6.92 Å². The van der Waals surface area contributed by atoms with Crippen molar-refractivity contribution < 1.29 is 14.3 Å². The standard InChI is InChI=1S/C20H19N3O3/c1-3-26-20(25)18-19(23-13-5-4-6-16(23)21-18)22-17(24)12-11-15-9-7-14(2)8-10-15/h4-13H,3H2,1-2H3,(H,22,24)/b12-11+. The van der Waals surface area contributed by atoms with Crippen LogP contribution in [0.15, 0.2) is 54.7 Å². The van der Waals surface area contributed by atoms with Gasteiger partial charge >= 0.3 is 5.97 Å². The number of nitrogens with zero attached hydrogens (tertiary/aromatic N) is 2. The Morgan fingerprint density at radius 2 is 1.96 bits per heavy atom. The van der Waals surface area contributed by atoms with Gasteiger partial charge in [-0.2, -0.15) is 0 Å². The Hall–Kier alpha value is -3.41. The van der Waals surface area contributed by atoms with Gasteiger partial charge in [-0.05, 0) is 37.6 Å². The number of nitrogens with one attached hydrogen (secondary N) is 1. The monoisotopic (exact) mass is 349 g/mol. The lowest BCUT2D eigenvalue weighted by molar-refractivity contribution is -0.111. The average Bonchev–Trinajstić information content (AvgIpc) is 3.00. The molecule has 0 spiro atoms. The summed E-state index contributed by atoms with van der Waals surface area (Å²) in [7, 11) is 0. The second-order valence-electron chi connectivity index (χ2n) is 5.69. The number of aromatic nitrogens is 2. The Morgan fingerprint density at radius 1 is 1.19 bits per heavy atom. The van der Waals surface area contributed by atoms with Crippen molar-refractivity contribution in [1.29, 1.82) is 0 Å². The number of hydrogen-bond donors (Lipinski definition) is 1. The van der Waals surface area contributed by atoms with Crippen LogP contribution in [-0.2, 0) is 9.53 Å². The molecule has 0 saturated carbocycles. The highest BCUT2D eigenvalue weighted by Crippen LogP contribution is 2.19. The van der Waals surface area contributed by atoms with E-state index in [-0.39, 0.29) is 24.0 Å². The third kappa shape index (κ3) is 3.80. The van der Waals surface area contributed by atoms with Crippen LogP contribution >= 0.6 is 0 Å². The highest BCUT2D eigenvalue weighted by Gasteiger charge is 2.21. The summed E-state index contributed by atoms with van der Waals surface area (Å²) < 4.78 is 6.68. The molecular weight excluding hydrogens is 330 g/mol. The molecule has 1 amide bonds. The Bertz CT molecular complexity index is 972. The molecule has 0 unspecified atom stereocenters. The highest BCUT2D eigenvalue weighted by atomic mass is 16.5. The maximum atomic E-state index is 12.3. The van der Waals surface area contributed by atoms with Gasteiger partial charge in [-0.25, -0.2) is 9.78 Å². The van der Waals surface area contributed by atoms with Crippen LogP contribution in [0.1, 0.15) is 28.5 Å². The first-order valence-electron chi connectivity index (χ1n) is 8.28. The van der Waals surface area contributed by atoms with Crippen molar-refractivity contribution >= 4 is 29.4 Å². The number of anilines is 1. The molecule has 1 aromatic carbocycles. The van der Waals surface area contributed by atoms with E-state index in [1.165, 1.54) is 6.08 Å². The number of hydrogen-bond acceptors (Lipinski definition) is 4. The van der Waals surface area contributed by atoms with Gasteiger partial charge in [-0.3, -0.25) is 9.20 Å². The first-order chi connectivity index (χ1) is 12.6. The van der Waals surface area contributed by atoms with Crippen LogP contribution in [0.4, 0.5) is 5.82 Å². The SMILES string of the molecule is CCOC(=O)c1nc2ccccn2c1NC(=O)/C=C/c1ccc(C)cc1. The summed E-state index contributed by atoms with van der Waals surface area (Å²) in [4.78, 5) is 28.8. The second-order valence-corrected chi connectivity index (χ2v) is 5.69. The molecule has 0 saturated heterocycles. The van der Waals surface area contributed by atoms with E-state index in [4.69, 9.17) is 4.74 Å². The van der Waals surface area contributed by atoms with Gasteiger partial charge in [0.25, 0.3) is 0 Å². The average molecular weight is 349 g/mol. The molecule has 0 fully saturated rings. The van der Waals surface area contributed by atoms with E-state index in [1.54, 1.807) is 41.8 Å². The van der Waals surface area contributed by atoms with Crippen molar-refractivity contribution in [2.45, 2.75) is 13.8 Å². The number of benzene rings is 1. The Morgan fingerprint density at radius 3 is 2.69 bits per heavy atom. The molecule has 2 heterocycles. The molecule has 3 aromatic rings. The largest absolute Gasteiger partial charge is 0.461 e. The minimum Gasteiger partial charge on any atom is -0.461 e. The molecule has 3 rings (SSSR count). The third-order valence-corrected chi connectivity index (χ3v) is 3.74. The smallest absolute Gasteiger partial charge is 0.360 e. The zero-order valence-corrected chi connectivity index (χ0v) is 14.6. The van der Waals surface area contributed by atoms with Gasteiger partial charge in [0.1, 0.15) is 5.65 Å². The molecule has 2 aromatic heterocycles. The van der Waals surface area contributed by atoms with Crippen molar-refractivity contribution in [3.8, 4) is 0 Å². The summed E-state index contributed by atoms with van der Waals surface area (Å²) in [6, 6.07) is 13.2. The fourth-order valence-corrected chi connectivity index (χ4v) is 2.46. The van der Waals surface area contributed by atoms with Crippen molar-refractivity contribution in [2.75, 3.05) is 11.9 Å². The van der Waals surface area contributed by atoms with E-state index < -0.39 is 5.97 Å². The van der Waals surface area contributed by atoms with Crippen molar-refractivity contribution in [2.24, 2.45) is 0 Å². The number of imidazole rings is 1. The molecule has 1 N–H and O–H groups in total. The number of ether oxygens (including phenoxy) is 1. The first kappa shape index (κ1) is 17.4. The predicted octanol–water partition coefficient (Wildman–Crippen LogP) is 3.47. The maximum Gasteiger partial charge on any atom is 0.360 e. The minimum absolute atomic E-state index is 0.0788. The Kier molecular flexibility index (Phi) is 5.12. The zero-order valence-electron chi connectivity index (χ0n) is 14.6. The summed E-state index contributed by atoms with van der Waals surface area (Å²) in [5.74, 6) is -0.645. The lowest BCUT2D eigenvalue weighted by Gasteiger charge is -2.05. The number of carbonyl (C=O) groups excluding carboxylic acids is 2. The number of rotatable bonds is 5. The topological polar surface area (TPSA) is 72.7 Å². The maximum absolute atomic E-state index is 12.3. The number of aryl methyl sites for hydroxylation is 1. The van der Waals surface area contributed by atoms with Crippen molar-refractivity contribution in [3.63, 3.8) is 0 Å². The molecule has 0 aliphatic heterocycles. The lowest BCUT2D eigenvalue weighted by Crippen LogP contribution is -2.14. The molecule has 132 valence electrons. The molecule has 0 aliphatic carbocycles. The van der Waals surface area contributed by atoms with E-state index in [0.717, 1.165) is 11.1 Å². The first-order valence-corrected chi connectivity index (χ1v) is 8.28. The van der Waals surface area contributed by atoms with Gasteiger partial charge in [0.05, 0.1) is 6.61 Å². The predicted molar refractivity (Wildman–Crippen MR) is 100.0 cm³/mol. The summed E-state index contributed by atoms with van der Waals surface area (Å²) >= 11 is 0. The number of carbonyl (C=O) groups is 2. The van der Waals surface area contributed by atoms with E-state index in [1.807, 2.05) is 31.2 Å². The second kappa shape index (κ2) is 7.65. The van der Waals surface area contributed by atoms with Crippen molar-refractivity contribution in [3.05, 3.63) is 71.6 Å². The summed E-state index contributed by atoms with van der Waals surface area (Å²) in [5.41, 5.74) is 2.69. The number of fused-ring (bicyclic) bond motifs is 1. The molecule has 6 nitrogen and oxygen atoms in total. The minimum atomic E-state index is -0.575. The molecule has 0 bridgehead atoms. The van der Waals surface area contributed by atoms with Crippen LogP contribution in [0.25, 0.3) is 11.7 Å². The molecule has 0 aliphatic rings. The van der Waals surface area contributed by atoms with Gasteiger partial charge in [0, 0.05) is 12.3 Å². The fraction of sp³-hybridized carbons (Fsp3) is 0.150. The van der Waals surface area contributed by atoms with Gasteiger partial charge in [0.15, 0.2) is 11.5 Å². The van der Waals surface area contributed by atoms with Gasteiger partial charge in [-0.1, -0.05) is 35.9 Å². The Labute approximate surface area is 151 Å². The van der Waals surface area contributed by atoms with Crippen LogP contribution in [0.5, 0.6) is 0 Å². The van der Waals surface area contributed by atoms with E-state index >= 15 is 0 Å². The van der Waals surface area contributed by atoms with Gasteiger partial charge in [0.2, 0.25) is 5.91 Å². The zero-order chi connectivity index (χ0) is 18.5. The van der Waals surface area contributed by atoms with Crippen LogP contribution in [0.2, 0.25) is 0 Å². The van der Waals surface area contributed by atoms with Crippen LogP contribution in [0.3, 0.4) is 0 Å². The Balaban J connectivity index is 1.87. The highest BCUT2D eigenvalue weighted by molar-refractivity contribution is 6.05. The summed E-state index contributed by atoms with van der Waals surface area (Å²) in [6.07, 6.45) is 4.86. The van der Waals surface area contributed by atoms with Crippen LogP contribution in [-0.4, -0.2) is 27.9 Å². The number of amides is 1. The molecule has 0 atom stereocenters. The van der Waals surface area contributed by atoms with Crippen molar-refractivity contribution in [1.82, 2.24) is 9.38 Å². The van der Waals surface area contributed by atoms with Gasteiger partial charge < -0.3 is 10.1 Å².